The maximum absolute atomic E-state index is 12.6. The number of anilines is 1. The fourth-order valence-electron chi connectivity index (χ4n) is 2.20. The number of nitriles is 1. The van der Waals surface area contributed by atoms with E-state index in [4.69, 9.17) is 5.26 Å². The first-order valence-corrected chi connectivity index (χ1v) is 5.82. The zero-order chi connectivity index (χ0) is 13.2. The van der Waals surface area contributed by atoms with E-state index >= 15 is 0 Å². The standard InChI is InChI=1S/C13H13F3N2/c14-13(15,16)11-4-1-5-12(7-11)18-6-2-3-10(8-17)9-18/h1,4-5,7,10H,2-3,6,9H2. The molecule has 0 N–H and O–H groups in total. The molecular formula is C13H13F3N2. The zero-order valence-corrected chi connectivity index (χ0v) is 9.74. The van der Waals surface area contributed by atoms with E-state index in [-0.39, 0.29) is 5.92 Å². The molecular weight excluding hydrogens is 241 g/mol. The van der Waals surface area contributed by atoms with Gasteiger partial charge in [-0.05, 0) is 31.0 Å². The fourth-order valence-corrected chi connectivity index (χ4v) is 2.20. The highest BCUT2D eigenvalue weighted by molar-refractivity contribution is 5.49. The van der Waals surface area contributed by atoms with Crippen LogP contribution in [0.4, 0.5) is 18.9 Å². The predicted octanol–water partition coefficient (Wildman–Crippen LogP) is 3.45. The molecule has 1 saturated heterocycles. The molecule has 18 heavy (non-hydrogen) atoms. The van der Waals surface area contributed by atoms with Gasteiger partial charge in [-0.1, -0.05) is 6.07 Å². The highest BCUT2D eigenvalue weighted by Crippen LogP contribution is 2.32. The molecule has 0 bridgehead atoms. The summed E-state index contributed by atoms with van der Waals surface area (Å²) in [6.07, 6.45) is -2.65. The van der Waals surface area contributed by atoms with E-state index in [1.165, 1.54) is 6.07 Å². The monoisotopic (exact) mass is 254 g/mol. The maximum atomic E-state index is 12.6. The number of benzene rings is 1. The van der Waals surface area contributed by atoms with Crippen LogP contribution >= 0.6 is 0 Å². The number of hydrogen-bond acceptors (Lipinski definition) is 2. The normalized spacial score (nSPS) is 20.6. The lowest BCUT2D eigenvalue weighted by Gasteiger charge is -2.31. The summed E-state index contributed by atoms with van der Waals surface area (Å²) < 4.78 is 37.8. The van der Waals surface area contributed by atoms with Gasteiger partial charge in [-0.15, -0.1) is 0 Å². The molecule has 0 radical (unpaired) electrons. The molecule has 1 aromatic rings. The summed E-state index contributed by atoms with van der Waals surface area (Å²) in [5.41, 5.74) is -0.0937. The van der Waals surface area contributed by atoms with Gasteiger partial charge in [0.25, 0.3) is 0 Å². The van der Waals surface area contributed by atoms with Gasteiger partial charge in [-0.2, -0.15) is 18.4 Å². The van der Waals surface area contributed by atoms with Crippen LogP contribution in [-0.4, -0.2) is 13.1 Å². The summed E-state index contributed by atoms with van der Waals surface area (Å²) in [7, 11) is 0. The fraction of sp³-hybridized carbons (Fsp3) is 0.462. The minimum Gasteiger partial charge on any atom is -0.370 e. The SMILES string of the molecule is N#CC1CCCN(c2cccc(C(F)(F)F)c2)C1. The summed E-state index contributed by atoms with van der Waals surface area (Å²) in [6.45, 7) is 1.22. The van der Waals surface area contributed by atoms with Gasteiger partial charge >= 0.3 is 6.18 Å². The van der Waals surface area contributed by atoms with E-state index < -0.39 is 11.7 Å². The molecule has 1 aliphatic rings. The Morgan fingerprint density at radius 2 is 2.11 bits per heavy atom. The highest BCUT2D eigenvalue weighted by atomic mass is 19.4. The molecule has 0 aliphatic carbocycles. The first-order valence-electron chi connectivity index (χ1n) is 5.82. The van der Waals surface area contributed by atoms with Crippen molar-refractivity contribution in [2.24, 2.45) is 5.92 Å². The summed E-state index contributed by atoms with van der Waals surface area (Å²) in [6, 6.07) is 7.47. The van der Waals surface area contributed by atoms with Crippen LogP contribution in [0, 0.1) is 17.2 Å². The maximum Gasteiger partial charge on any atom is 0.416 e. The molecule has 1 atom stereocenters. The lowest BCUT2D eigenvalue weighted by atomic mass is 9.99. The lowest BCUT2D eigenvalue weighted by Crippen LogP contribution is -2.34. The zero-order valence-electron chi connectivity index (χ0n) is 9.74. The molecule has 1 heterocycles. The first-order chi connectivity index (χ1) is 8.50. The van der Waals surface area contributed by atoms with Crippen LogP contribution in [0.25, 0.3) is 0 Å². The molecule has 96 valence electrons. The predicted molar refractivity (Wildman–Crippen MR) is 62.0 cm³/mol. The van der Waals surface area contributed by atoms with Crippen molar-refractivity contribution in [3.05, 3.63) is 29.8 Å². The van der Waals surface area contributed by atoms with Crippen LogP contribution in [0.15, 0.2) is 24.3 Å². The molecule has 1 aliphatic heterocycles. The number of alkyl halides is 3. The summed E-state index contributed by atoms with van der Waals surface area (Å²) in [5, 5.41) is 8.88. The topological polar surface area (TPSA) is 27.0 Å². The van der Waals surface area contributed by atoms with Crippen LogP contribution < -0.4 is 4.90 Å². The van der Waals surface area contributed by atoms with Crippen molar-refractivity contribution >= 4 is 5.69 Å². The molecule has 2 rings (SSSR count). The van der Waals surface area contributed by atoms with Crippen LogP contribution in [-0.2, 0) is 6.18 Å². The van der Waals surface area contributed by atoms with Crippen LogP contribution in [0.5, 0.6) is 0 Å². The van der Waals surface area contributed by atoms with Crippen molar-refractivity contribution < 1.29 is 13.2 Å². The van der Waals surface area contributed by atoms with Crippen molar-refractivity contribution in [3.63, 3.8) is 0 Å². The number of hydrogen-bond donors (Lipinski definition) is 0. The average Bonchev–Trinajstić information content (AvgIpc) is 2.38. The Morgan fingerprint density at radius 3 is 2.78 bits per heavy atom. The molecule has 1 fully saturated rings. The Morgan fingerprint density at radius 1 is 1.33 bits per heavy atom. The number of rotatable bonds is 1. The van der Waals surface area contributed by atoms with Gasteiger partial charge in [0.2, 0.25) is 0 Å². The summed E-state index contributed by atoms with van der Waals surface area (Å²) >= 11 is 0. The number of halogens is 3. The summed E-state index contributed by atoms with van der Waals surface area (Å²) in [5.74, 6) is -0.0895. The van der Waals surface area contributed by atoms with Gasteiger partial charge in [0.15, 0.2) is 0 Å². The molecule has 0 saturated carbocycles. The first kappa shape index (κ1) is 12.7. The quantitative estimate of drug-likeness (QED) is 0.767. The Hall–Kier alpha value is -1.70. The Kier molecular flexibility index (Phi) is 3.46. The lowest BCUT2D eigenvalue weighted by molar-refractivity contribution is -0.137. The molecule has 2 nitrogen and oxygen atoms in total. The Balaban J connectivity index is 2.21. The third kappa shape index (κ3) is 2.76. The van der Waals surface area contributed by atoms with E-state index in [1.54, 1.807) is 6.07 Å². The molecule has 0 aromatic heterocycles. The van der Waals surface area contributed by atoms with Crippen molar-refractivity contribution in [2.45, 2.75) is 19.0 Å². The second-order valence-electron chi connectivity index (χ2n) is 4.46. The van der Waals surface area contributed by atoms with Gasteiger partial charge < -0.3 is 4.90 Å². The van der Waals surface area contributed by atoms with E-state index in [9.17, 15) is 13.2 Å². The average molecular weight is 254 g/mol. The summed E-state index contributed by atoms with van der Waals surface area (Å²) in [4.78, 5) is 1.85. The molecule has 0 amide bonds. The van der Waals surface area contributed by atoms with Crippen LogP contribution in [0.3, 0.4) is 0 Å². The van der Waals surface area contributed by atoms with Crippen molar-refractivity contribution in [2.75, 3.05) is 18.0 Å². The van der Waals surface area contributed by atoms with Crippen molar-refractivity contribution in [1.29, 1.82) is 5.26 Å². The molecule has 1 unspecified atom stereocenters. The van der Waals surface area contributed by atoms with E-state index in [1.807, 2.05) is 4.90 Å². The van der Waals surface area contributed by atoms with E-state index in [0.717, 1.165) is 25.0 Å². The van der Waals surface area contributed by atoms with Gasteiger partial charge in [-0.25, -0.2) is 0 Å². The molecule has 0 spiro atoms. The third-order valence-corrected chi connectivity index (χ3v) is 3.14. The smallest absolute Gasteiger partial charge is 0.370 e. The van der Waals surface area contributed by atoms with Gasteiger partial charge in [0.05, 0.1) is 17.6 Å². The van der Waals surface area contributed by atoms with E-state index in [0.29, 0.717) is 18.8 Å². The Labute approximate surface area is 104 Å². The van der Waals surface area contributed by atoms with Crippen molar-refractivity contribution in [3.8, 4) is 6.07 Å². The van der Waals surface area contributed by atoms with E-state index in [2.05, 4.69) is 6.07 Å². The van der Waals surface area contributed by atoms with Gasteiger partial charge in [-0.3, -0.25) is 0 Å². The number of piperidine rings is 1. The van der Waals surface area contributed by atoms with Gasteiger partial charge in [0, 0.05) is 18.8 Å². The minimum atomic E-state index is -4.32. The van der Waals surface area contributed by atoms with Gasteiger partial charge in [0.1, 0.15) is 0 Å². The minimum absolute atomic E-state index is 0.0895. The second-order valence-corrected chi connectivity index (χ2v) is 4.46. The molecule has 5 heteroatoms. The highest BCUT2D eigenvalue weighted by Gasteiger charge is 2.31. The molecule has 1 aromatic carbocycles. The Bertz CT molecular complexity index is 462. The largest absolute Gasteiger partial charge is 0.416 e. The van der Waals surface area contributed by atoms with Crippen molar-refractivity contribution in [1.82, 2.24) is 0 Å². The second kappa shape index (κ2) is 4.89. The van der Waals surface area contributed by atoms with Crippen LogP contribution in [0.1, 0.15) is 18.4 Å². The number of nitrogens with zero attached hydrogens (tertiary/aromatic N) is 2. The third-order valence-electron chi connectivity index (χ3n) is 3.14. The van der Waals surface area contributed by atoms with Crippen LogP contribution in [0.2, 0.25) is 0 Å².